The molecule has 42 heavy (non-hydrogen) atoms. The topological polar surface area (TPSA) is 24.1 Å². The summed E-state index contributed by atoms with van der Waals surface area (Å²) in [6.45, 7) is 6.39. The minimum absolute atomic E-state index is 1.05. The highest BCUT2D eigenvalue weighted by Gasteiger charge is 2.09. The molecule has 1 atom stereocenters. The maximum Gasteiger partial charge on any atom is 0.0626 e. The average molecular weight is 565 g/mol. The molecule has 0 aliphatic heterocycles. The van der Waals surface area contributed by atoms with Crippen molar-refractivity contribution in [1.82, 2.24) is 0 Å². The van der Waals surface area contributed by atoms with Crippen molar-refractivity contribution in [1.29, 1.82) is 0 Å². The molecule has 0 saturated heterocycles. The zero-order valence-corrected chi connectivity index (χ0v) is 25.6. The third kappa shape index (κ3) is 7.75. The van der Waals surface area contributed by atoms with Crippen LogP contribution in [0.2, 0.25) is 0 Å². The lowest BCUT2D eigenvalue weighted by Gasteiger charge is -2.18. The highest BCUT2D eigenvalue weighted by atomic mass is 31.0. The van der Waals surface area contributed by atoms with E-state index >= 15 is 0 Å². The third-order valence-corrected chi connectivity index (χ3v) is 7.59. The molecule has 0 fully saturated rings. The van der Waals surface area contributed by atoms with Crippen LogP contribution in [0.15, 0.2) is 146 Å². The second kappa shape index (κ2) is 13.8. The summed E-state index contributed by atoms with van der Waals surface area (Å²) in [5.41, 5.74) is 12.9. The summed E-state index contributed by atoms with van der Waals surface area (Å²) in [6, 6.07) is 50.9. The first kappa shape index (κ1) is 28.9. The second-order valence-corrected chi connectivity index (χ2v) is 11.2. The van der Waals surface area contributed by atoms with Crippen LogP contribution in [0.1, 0.15) is 16.7 Å². The minimum atomic E-state index is 1.05. The van der Waals surface area contributed by atoms with E-state index in [0.29, 0.717) is 0 Å². The van der Waals surface area contributed by atoms with Gasteiger partial charge in [0.25, 0.3) is 0 Å². The van der Waals surface area contributed by atoms with E-state index in [2.05, 4.69) is 174 Å². The summed E-state index contributed by atoms with van der Waals surface area (Å²) in [5, 5.41) is 8.56. The smallest absolute Gasteiger partial charge is 0.0626 e. The molecule has 1 unspecified atom stereocenters. The van der Waals surface area contributed by atoms with Crippen molar-refractivity contribution >= 4 is 37.3 Å². The van der Waals surface area contributed by atoms with E-state index in [-0.39, 0.29) is 0 Å². The fourth-order valence-corrected chi connectivity index (χ4v) is 4.91. The van der Waals surface area contributed by atoms with Crippen molar-refractivity contribution in [3.8, 4) is 22.3 Å². The summed E-state index contributed by atoms with van der Waals surface area (Å²) in [4.78, 5) is 0. The van der Waals surface area contributed by atoms with Gasteiger partial charge in [-0.3, -0.25) is 0 Å². The zero-order valence-electron chi connectivity index (χ0n) is 24.4. The Bertz CT molecular complexity index is 1610. The molecular weight excluding hydrogens is 527 g/mol. The van der Waals surface area contributed by atoms with Gasteiger partial charge in [0.1, 0.15) is 0 Å². The molecule has 0 aliphatic carbocycles. The largest absolute Gasteiger partial charge is 0.354 e. The summed E-state index contributed by atoms with van der Waals surface area (Å²) in [5.74, 6) is 0. The van der Waals surface area contributed by atoms with Crippen molar-refractivity contribution in [3.63, 3.8) is 0 Å². The predicted octanol–water partition coefficient (Wildman–Crippen LogP) is 10.6. The maximum absolute atomic E-state index is 3.65. The first-order valence-corrected chi connectivity index (χ1v) is 14.8. The predicted molar refractivity (Wildman–Crippen MR) is 187 cm³/mol. The first-order valence-electron chi connectivity index (χ1n) is 14.2. The number of hydrogen-bond acceptors (Lipinski definition) is 2. The van der Waals surface area contributed by atoms with Crippen LogP contribution in [-0.4, -0.2) is 0 Å². The normalized spacial score (nSPS) is 10.4. The number of hydrogen-bond donors (Lipinski definition) is 2. The van der Waals surface area contributed by atoms with Gasteiger partial charge in [-0.1, -0.05) is 115 Å². The molecular formula is C39H37N2P. The Kier molecular flexibility index (Phi) is 9.49. The molecule has 0 saturated carbocycles. The van der Waals surface area contributed by atoms with Crippen molar-refractivity contribution in [2.45, 2.75) is 20.8 Å². The van der Waals surface area contributed by atoms with Gasteiger partial charge in [-0.25, -0.2) is 0 Å². The summed E-state index contributed by atoms with van der Waals surface area (Å²) >= 11 is 0. The SMILES string of the molecule is Cc1cc(Nc2cccc(-c3ccccc3)c2)c(Nc2cccc(-c3ccccc3)c2)cc1C.Cc1ccc(P)cc1. The van der Waals surface area contributed by atoms with E-state index < -0.39 is 0 Å². The monoisotopic (exact) mass is 564 g/mol. The fourth-order valence-electron chi connectivity index (χ4n) is 4.71. The van der Waals surface area contributed by atoms with Crippen LogP contribution in [0, 0.1) is 20.8 Å². The molecule has 0 heterocycles. The highest BCUT2D eigenvalue weighted by Crippen LogP contribution is 2.33. The molecule has 208 valence electrons. The van der Waals surface area contributed by atoms with Crippen LogP contribution in [0.3, 0.4) is 0 Å². The van der Waals surface area contributed by atoms with Gasteiger partial charge >= 0.3 is 0 Å². The molecule has 6 aromatic rings. The Hall–Kier alpha value is -4.65. The van der Waals surface area contributed by atoms with E-state index in [4.69, 9.17) is 0 Å². The van der Waals surface area contributed by atoms with Gasteiger partial charge < -0.3 is 10.6 Å². The van der Waals surface area contributed by atoms with Crippen molar-refractivity contribution < 1.29 is 0 Å². The standard InChI is InChI=1S/C32H28N2.C7H9P/c1-23-19-31(33-29-17-9-15-27(21-29)25-11-5-3-6-12-25)32(20-24(23)2)34-30-18-10-16-28(22-30)26-13-7-4-8-14-26;1-6-2-4-7(8)5-3-6/h3-22,33-34H,1-2H3;2-5H,8H2,1H3. The van der Waals surface area contributed by atoms with Gasteiger partial charge in [0, 0.05) is 11.4 Å². The number of benzene rings is 6. The average Bonchev–Trinajstić information content (AvgIpc) is 3.03. The molecule has 0 bridgehead atoms. The molecule has 0 radical (unpaired) electrons. The van der Waals surface area contributed by atoms with Crippen molar-refractivity contribution in [2.75, 3.05) is 10.6 Å². The fraction of sp³-hybridized carbons (Fsp3) is 0.0769. The van der Waals surface area contributed by atoms with Gasteiger partial charge in [-0.05, 0) is 95.9 Å². The number of anilines is 4. The second-order valence-electron chi connectivity index (χ2n) is 10.5. The van der Waals surface area contributed by atoms with E-state index in [0.717, 1.165) is 22.7 Å². The Morgan fingerprint density at radius 1 is 0.405 bits per heavy atom. The zero-order chi connectivity index (χ0) is 29.3. The Labute approximate surface area is 252 Å². The lowest BCUT2D eigenvalue weighted by atomic mass is 10.0. The molecule has 0 aromatic heterocycles. The van der Waals surface area contributed by atoms with Gasteiger partial charge in [0.15, 0.2) is 0 Å². The number of nitrogens with one attached hydrogen (secondary N) is 2. The lowest BCUT2D eigenvalue weighted by Crippen LogP contribution is -2.00. The maximum atomic E-state index is 3.65. The van der Waals surface area contributed by atoms with Crippen LogP contribution >= 0.6 is 9.24 Å². The lowest BCUT2D eigenvalue weighted by molar-refractivity contribution is 1.33. The van der Waals surface area contributed by atoms with Gasteiger partial charge in [0.2, 0.25) is 0 Å². The van der Waals surface area contributed by atoms with Crippen LogP contribution in [0.25, 0.3) is 22.3 Å². The summed E-state index contributed by atoms with van der Waals surface area (Å²) < 4.78 is 0. The van der Waals surface area contributed by atoms with Crippen molar-refractivity contribution in [2.24, 2.45) is 0 Å². The molecule has 3 heteroatoms. The van der Waals surface area contributed by atoms with Gasteiger partial charge in [-0.15, -0.1) is 9.24 Å². The number of rotatable bonds is 6. The summed E-state index contributed by atoms with van der Waals surface area (Å²) in [6.07, 6.45) is 0. The van der Waals surface area contributed by atoms with Crippen LogP contribution < -0.4 is 15.9 Å². The van der Waals surface area contributed by atoms with Gasteiger partial charge in [0.05, 0.1) is 11.4 Å². The number of aryl methyl sites for hydroxylation is 3. The van der Waals surface area contributed by atoms with E-state index in [1.54, 1.807) is 0 Å². The molecule has 2 nitrogen and oxygen atoms in total. The van der Waals surface area contributed by atoms with Crippen LogP contribution in [0.4, 0.5) is 22.7 Å². The van der Waals surface area contributed by atoms with Gasteiger partial charge in [-0.2, -0.15) is 0 Å². The minimum Gasteiger partial charge on any atom is -0.354 e. The Balaban J connectivity index is 0.000000382. The molecule has 2 N–H and O–H groups in total. The van der Waals surface area contributed by atoms with Crippen molar-refractivity contribution in [3.05, 3.63) is 162 Å². The molecule has 0 amide bonds. The summed E-state index contributed by atoms with van der Waals surface area (Å²) in [7, 11) is 2.65. The molecule has 0 spiro atoms. The van der Waals surface area contributed by atoms with E-state index in [1.165, 1.54) is 44.2 Å². The van der Waals surface area contributed by atoms with Crippen LogP contribution in [-0.2, 0) is 0 Å². The molecule has 6 rings (SSSR count). The quantitative estimate of drug-likeness (QED) is 0.197. The highest BCUT2D eigenvalue weighted by molar-refractivity contribution is 7.27. The van der Waals surface area contributed by atoms with E-state index in [9.17, 15) is 0 Å². The Morgan fingerprint density at radius 2 is 0.810 bits per heavy atom. The van der Waals surface area contributed by atoms with Crippen LogP contribution in [0.5, 0.6) is 0 Å². The Morgan fingerprint density at radius 3 is 1.21 bits per heavy atom. The van der Waals surface area contributed by atoms with E-state index in [1.807, 2.05) is 12.1 Å². The first-order chi connectivity index (χ1) is 20.4. The molecule has 6 aromatic carbocycles. The molecule has 0 aliphatic rings. The third-order valence-electron chi connectivity index (χ3n) is 7.21.